The van der Waals surface area contributed by atoms with Crippen LogP contribution in [0.4, 0.5) is 13.2 Å². The van der Waals surface area contributed by atoms with Crippen molar-refractivity contribution in [3.05, 3.63) is 34.9 Å². The number of alkyl halides is 3. The van der Waals surface area contributed by atoms with Crippen molar-refractivity contribution in [3.8, 4) is 0 Å². The van der Waals surface area contributed by atoms with Crippen LogP contribution in [0.25, 0.3) is 0 Å². The van der Waals surface area contributed by atoms with Gasteiger partial charge in [0.2, 0.25) is 11.8 Å². The van der Waals surface area contributed by atoms with Gasteiger partial charge < -0.3 is 0 Å². The number of amides is 4. The van der Waals surface area contributed by atoms with Crippen molar-refractivity contribution in [2.45, 2.75) is 49.9 Å². The summed E-state index contributed by atoms with van der Waals surface area (Å²) in [5.41, 5.74) is -4.97. The van der Waals surface area contributed by atoms with E-state index >= 15 is 0 Å². The van der Waals surface area contributed by atoms with E-state index < -0.39 is 51.4 Å². The number of piperidine rings is 2. The fourth-order valence-corrected chi connectivity index (χ4v) is 5.05. The van der Waals surface area contributed by atoms with E-state index in [-0.39, 0.29) is 43.5 Å². The van der Waals surface area contributed by atoms with Crippen LogP contribution in [0.3, 0.4) is 0 Å². The standard InChI is InChI=1S/C20H20F3N3O7S/c21-20(22,23)34(31,32)33-12-4-2-8-25(10-12)9-11-3-1-5-13-16(11)19(30)26(18(13)29)14-6-7-15(27)24-17(14)28/h1,3,5,12,14H,2,4,6-10H2,(H,24,27,28). The molecule has 10 nitrogen and oxygen atoms in total. The van der Waals surface area contributed by atoms with Gasteiger partial charge in [-0.3, -0.25) is 38.5 Å². The number of rotatable bonds is 5. The van der Waals surface area contributed by atoms with Crippen LogP contribution in [-0.4, -0.2) is 72.6 Å². The molecule has 2 fully saturated rings. The molecule has 0 radical (unpaired) electrons. The Kier molecular flexibility index (Phi) is 6.25. The van der Waals surface area contributed by atoms with Crippen LogP contribution in [0.1, 0.15) is 52.0 Å². The van der Waals surface area contributed by atoms with Gasteiger partial charge in [0, 0.05) is 19.5 Å². The maximum absolute atomic E-state index is 13.2. The molecular formula is C20H20F3N3O7S. The molecule has 1 aromatic carbocycles. The number of carbonyl (C=O) groups excluding carboxylic acids is 4. The zero-order chi connectivity index (χ0) is 24.8. The average Bonchev–Trinajstić information content (AvgIpc) is 2.99. The van der Waals surface area contributed by atoms with Crippen LogP contribution in [0.5, 0.6) is 0 Å². The van der Waals surface area contributed by atoms with E-state index in [1.165, 1.54) is 6.07 Å². The minimum Gasteiger partial charge on any atom is -0.296 e. The molecule has 184 valence electrons. The van der Waals surface area contributed by atoms with Gasteiger partial charge in [0.25, 0.3) is 11.8 Å². The van der Waals surface area contributed by atoms with Gasteiger partial charge in [0.05, 0.1) is 17.2 Å². The predicted molar refractivity (Wildman–Crippen MR) is 107 cm³/mol. The van der Waals surface area contributed by atoms with Gasteiger partial charge in [-0.05, 0) is 37.4 Å². The van der Waals surface area contributed by atoms with E-state index in [1.807, 2.05) is 0 Å². The number of carbonyl (C=O) groups is 4. The van der Waals surface area contributed by atoms with E-state index in [2.05, 4.69) is 9.50 Å². The molecule has 1 N–H and O–H groups in total. The Hall–Kier alpha value is -2.84. The fourth-order valence-electron chi connectivity index (χ4n) is 4.43. The second-order valence-corrected chi connectivity index (χ2v) is 9.85. The number of fused-ring (bicyclic) bond motifs is 1. The highest BCUT2D eigenvalue weighted by Gasteiger charge is 2.49. The number of nitrogens with zero attached hydrogens (tertiary/aromatic N) is 2. The highest BCUT2D eigenvalue weighted by Crippen LogP contribution is 2.32. The molecule has 3 aliphatic rings. The summed E-state index contributed by atoms with van der Waals surface area (Å²) in [7, 11) is -5.74. The average molecular weight is 503 g/mol. The zero-order valence-corrected chi connectivity index (χ0v) is 18.4. The molecule has 2 atom stereocenters. The lowest BCUT2D eigenvalue weighted by Crippen LogP contribution is -2.54. The number of hydrogen-bond donors (Lipinski definition) is 1. The summed E-state index contributed by atoms with van der Waals surface area (Å²) in [5.74, 6) is -2.61. The Bertz CT molecular complexity index is 1170. The number of benzene rings is 1. The summed E-state index contributed by atoms with van der Waals surface area (Å²) in [6, 6.07) is 3.43. The lowest BCUT2D eigenvalue weighted by molar-refractivity contribution is -0.136. The Morgan fingerprint density at radius 1 is 1.09 bits per heavy atom. The molecule has 4 amide bonds. The van der Waals surface area contributed by atoms with Gasteiger partial charge in [0.1, 0.15) is 6.04 Å². The summed E-state index contributed by atoms with van der Waals surface area (Å²) in [5, 5.41) is 2.11. The van der Waals surface area contributed by atoms with Gasteiger partial charge >= 0.3 is 15.6 Å². The maximum Gasteiger partial charge on any atom is 0.523 e. The third kappa shape index (κ3) is 4.44. The normalized spacial score (nSPS) is 24.4. The highest BCUT2D eigenvalue weighted by atomic mass is 32.2. The van der Waals surface area contributed by atoms with Gasteiger partial charge in [-0.1, -0.05) is 12.1 Å². The third-order valence-corrected chi connectivity index (χ3v) is 7.05. The highest BCUT2D eigenvalue weighted by molar-refractivity contribution is 7.87. The van der Waals surface area contributed by atoms with E-state index in [9.17, 15) is 40.8 Å². The van der Waals surface area contributed by atoms with Gasteiger partial charge in [-0.15, -0.1) is 0 Å². The zero-order valence-electron chi connectivity index (χ0n) is 17.6. The molecular weight excluding hydrogens is 483 g/mol. The number of likely N-dealkylation sites (tertiary alicyclic amines) is 1. The molecule has 3 aliphatic heterocycles. The molecule has 2 unspecified atom stereocenters. The number of halogens is 3. The largest absolute Gasteiger partial charge is 0.523 e. The van der Waals surface area contributed by atoms with Crippen molar-refractivity contribution in [2.75, 3.05) is 13.1 Å². The van der Waals surface area contributed by atoms with Crippen molar-refractivity contribution < 1.29 is 45.0 Å². The maximum atomic E-state index is 13.2. The Morgan fingerprint density at radius 2 is 1.82 bits per heavy atom. The Balaban J connectivity index is 1.52. The van der Waals surface area contributed by atoms with Crippen molar-refractivity contribution >= 4 is 33.7 Å². The molecule has 0 spiro atoms. The molecule has 4 rings (SSSR count). The second kappa shape index (κ2) is 8.74. The number of imide groups is 2. The van der Waals surface area contributed by atoms with Gasteiger partial charge in [0.15, 0.2) is 0 Å². The lowest BCUT2D eigenvalue weighted by Gasteiger charge is -2.32. The van der Waals surface area contributed by atoms with E-state index in [4.69, 9.17) is 0 Å². The molecule has 2 saturated heterocycles. The number of nitrogens with one attached hydrogen (secondary N) is 1. The summed E-state index contributed by atoms with van der Waals surface area (Å²) < 4.78 is 65.0. The molecule has 0 bridgehead atoms. The lowest BCUT2D eigenvalue weighted by atomic mass is 10.0. The topological polar surface area (TPSA) is 130 Å². The quantitative estimate of drug-likeness (QED) is 0.357. The third-order valence-electron chi connectivity index (χ3n) is 5.96. The van der Waals surface area contributed by atoms with Gasteiger partial charge in [-0.2, -0.15) is 21.6 Å². The first-order valence-corrected chi connectivity index (χ1v) is 11.9. The number of hydrogen-bond acceptors (Lipinski definition) is 8. The molecule has 0 aliphatic carbocycles. The summed E-state index contributed by atoms with van der Waals surface area (Å²) in [6.07, 6.45) is -0.756. The van der Waals surface area contributed by atoms with E-state index in [0.29, 0.717) is 18.5 Å². The molecule has 34 heavy (non-hydrogen) atoms. The predicted octanol–water partition coefficient (Wildman–Crippen LogP) is 0.918. The Labute approximate surface area is 192 Å². The molecule has 0 aromatic heterocycles. The minimum atomic E-state index is -5.74. The van der Waals surface area contributed by atoms with Crippen LogP contribution in [-0.2, 0) is 30.4 Å². The monoisotopic (exact) mass is 503 g/mol. The van der Waals surface area contributed by atoms with Crippen LogP contribution >= 0.6 is 0 Å². The Morgan fingerprint density at radius 3 is 2.50 bits per heavy atom. The second-order valence-electron chi connectivity index (χ2n) is 8.28. The summed E-state index contributed by atoms with van der Waals surface area (Å²) in [6.45, 7) is 0.337. The minimum absolute atomic E-state index is 0.00426. The summed E-state index contributed by atoms with van der Waals surface area (Å²) >= 11 is 0. The fraction of sp³-hybridized carbons (Fsp3) is 0.500. The molecule has 14 heteroatoms. The van der Waals surface area contributed by atoms with E-state index in [0.717, 1.165) is 4.90 Å². The van der Waals surface area contributed by atoms with Crippen LogP contribution in [0, 0.1) is 0 Å². The molecule has 0 saturated carbocycles. The smallest absolute Gasteiger partial charge is 0.296 e. The first kappa shape index (κ1) is 24.3. The molecule has 1 aromatic rings. The van der Waals surface area contributed by atoms with E-state index in [1.54, 1.807) is 17.0 Å². The van der Waals surface area contributed by atoms with Crippen molar-refractivity contribution in [1.82, 2.24) is 15.1 Å². The van der Waals surface area contributed by atoms with Gasteiger partial charge in [-0.25, -0.2) is 0 Å². The molecule has 3 heterocycles. The SMILES string of the molecule is O=C1CCC(N2C(=O)c3cccc(CN4CCCC(OS(=O)(=O)C(F)(F)F)C4)c3C2=O)C(=O)N1. The van der Waals surface area contributed by atoms with Crippen LogP contribution in [0.2, 0.25) is 0 Å². The summed E-state index contributed by atoms with van der Waals surface area (Å²) in [4.78, 5) is 52.2. The van der Waals surface area contributed by atoms with Crippen LogP contribution < -0.4 is 5.32 Å². The van der Waals surface area contributed by atoms with Crippen LogP contribution in [0.15, 0.2) is 18.2 Å². The van der Waals surface area contributed by atoms with Crippen molar-refractivity contribution in [3.63, 3.8) is 0 Å². The van der Waals surface area contributed by atoms with Crippen molar-refractivity contribution in [1.29, 1.82) is 0 Å². The van der Waals surface area contributed by atoms with Crippen molar-refractivity contribution in [2.24, 2.45) is 0 Å². The first-order chi connectivity index (χ1) is 15.9. The first-order valence-electron chi connectivity index (χ1n) is 10.4.